The number of benzene rings is 1. The van der Waals surface area contributed by atoms with Gasteiger partial charge in [0.25, 0.3) is 0 Å². The van der Waals surface area contributed by atoms with E-state index in [-0.39, 0.29) is 6.04 Å². The second-order valence-corrected chi connectivity index (χ2v) is 7.47. The lowest BCUT2D eigenvalue weighted by Gasteiger charge is -2.20. The first-order valence-corrected chi connectivity index (χ1v) is 8.69. The fraction of sp³-hybridized carbons (Fsp3) is 0.308. The summed E-state index contributed by atoms with van der Waals surface area (Å²) >= 11 is 1.24. The Labute approximate surface area is 128 Å². The molecular weight excluding hydrogens is 308 g/mol. The summed E-state index contributed by atoms with van der Waals surface area (Å²) in [6.45, 7) is 3.61. The Morgan fingerprint density at radius 3 is 2.71 bits per heavy atom. The monoisotopic (exact) mass is 326 g/mol. The number of thiazole rings is 1. The molecule has 1 aromatic carbocycles. The zero-order valence-corrected chi connectivity index (χ0v) is 13.7. The Morgan fingerprint density at radius 2 is 2.10 bits per heavy atom. The quantitative estimate of drug-likeness (QED) is 0.826. The van der Waals surface area contributed by atoms with E-state index in [1.165, 1.54) is 22.7 Å². The third-order valence-corrected chi connectivity index (χ3v) is 5.53. The lowest BCUT2D eigenvalue weighted by molar-refractivity contribution is 0.414. The molecule has 114 valence electrons. The molecule has 0 aliphatic carbocycles. The lowest BCUT2D eigenvalue weighted by atomic mass is 10.1. The second kappa shape index (κ2) is 6.00. The van der Waals surface area contributed by atoms with Crippen molar-refractivity contribution in [3.05, 3.63) is 29.6 Å². The number of hydrogen-bond donors (Lipinski definition) is 2. The van der Waals surface area contributed by atoms with Crippen molar-refractivity contribution in [2.45, 2.75) is 19.9 Å². The first-order valence-electron chi connectivity index (χ1n) is 6.37. The summed E-state index contributed by atoms with van der Waals surface area (Å²) in [6, 6.07) is 7.17. The van der Waals surface area contributed by atoms with Crippen LogP contribution >= 0.6 is 11.3 Å². The van der Waals surface area contributed by atoms with E-state index in [1.807, 2.05) is 12.1 Å². The molecule has 0 atom stereocenters. The molecule has 0 spiro atoms. The van der Waals surface area contributed by atoms with Gasteiger partial charge in [-0.15, -0.1) is 11.3 Å². The number of nitrogens with two attached hydrogens (primary N) is 1. The van der Waals surface area contributed by atoms with Crippen LogP contribution < -0.4 is 10.5 Å². The Balaban J connectivity index is 2.21. The van der Waals surface area contributed by atoms with Gasteiger partial charge < -0.3 is 5.73 Å². The van der Waals surface area contributed by atoms with Gasteiger partial charge in [-0.2, -0.15) is 12.7 Å². The fourth-order valence-corrected chi connectivity index (χ4v) is 3.65. The number of aromatic nitrogens is 1. The molecule has 0 aliphatic heterocycles. The normalized spacial score (nSPS) is 12.0. The molecule has 2 rings (SSSR count). The van der Waals surface area contributed by atoms with Crippen molar-refractivity contribution in [3.63, 3.8) is 0 Å². The SMILES string of the molecule is CC(C)N(C)S(=O)(=O)Nc1nc(-c2cccc(N)c2)cs1. The van der Waals surface area contributed by atoms with E-state index < -0.39 is 10.2 Å². The van der Waals surface area contributed by atoms with Crippen molar-refractivity contribution in [2.75, 3.05) is 17.5 Å². The van der Waals surface area contributed by atoms with Gasteiger partial charge in [-0.1, -0.05) is 12.1 Å². The van der Waals surface area contributed by atoms with Gasteiger partial charge >= 0.3 is 10.2 Å². The Hall–Kier alpha value is -1.64. The van der Waals surface area contributed by atoms with Crippen LogP contribution in [0.4, 0.5) is 10.8 Å². The van der Waals surface area contributed by atoms with Crippen LogP contribution in [-0.4, -0.2) is 30.8 Å². The molecule has 0 fully saturated rings. The van der Waals surface area contributed by atoms with E-state index in [4.69, 9.17) is 5.73 Å². The zero-order valence-electron chi connectivity index (χ0n) is 12.1. The molecule has 1 aromatic heterocycles. The van der Waals surface area contributed by atoms with Crippen LogP contribution in [0.5, 0.6) is 0 Å². The lowest BCUT2D eigenvalue weighted by Crippen LogP contribution is -2.37. The number of nitrogens with one attached hydrogen (secondary N) is 1. The molecule has 0 bridgehead atoms. The molecule has 0 radical (unpaired) electrons. The highest BCUT2D eigenvalue weighted by Crippen LogP contribution is 2.27. The van der Waals surface area contributed by atoms with Gasteiger partial charge in [0, 0.05) is 29.7 Å². The van der Waals surface area contributed by atoms with Crippen molar-refractivity contribution >= 4 is 32.4 Å². The van der Waals surface area contributed by atoms with E-state index in [0.29, 0.717) is 16.5 Å². The first kappa shape index (κ1) is 15.7. The molecule has 6 nitrogen and oxygen atoms in total. The molecule has 8 heteroatoms. The molecule has 3 N–H and O–H groups in total. The van der Waals surface area contributed by atoms with Crippen LogP contribution in [0.2, 0.25) is 0 Å². The number of nitrogens with zero attached hydrogens (tertiary/aromatic N) is 2. The van der Waals surface area contributed by atoms with Crippen molar-refractivity contribution in [2.24, 2.45) is 0 Å². The summed E-state index contributed by atoms with van der Waals surface area (Å²) in [7, 11) is -2.06. The standard InChI is InChI=1S/C13H18N4O2S2/c1-9(2)17(3)21(18,19)16-13-15-12(8-20-13)10-5-4-6-11(14)7-10/h4-9H,14H2,1-3H3,(H,15,16). The third kappa shape index (κ3) is 3.72. The summed E-state index contributed by atoms with van der Waals surface area (Å²) < 4.78 is 27.9. The number of hydrogen-bond acceptors (Lipinski definition) is 5. The van der Waals surface area contributed by atoms with E-state index in [2.05, 4.69) is 9.71 Å². The Morgan fingerprint density at radius 1 is 1.38 bits per heavy atom. The first-order chi connectivity index (χ1) is 9.79. The molecule has 2 aromatic rings. The fourth-order valence-electron chi connectivity index (χ4n) is 1.61. The van der Waals surface area contributed by atoms with Crippen LogP contribution in [0.1, 0.15) is 13.8 Å². The maximum absolute atomic E-state index is 12.1. The second-order valence-electron chi connectivity index (χ2n) is 4.88. The maximum Gasteiger partial charge on any atom is 0.303 e. The van der Waals surface area contributed by atoms with Gasteiger partial charge in [-0.05, 0) is 26.0 Å². The van der Waals surface area contributed by atoms with Crippen molar-refractivity contribution in [1.82, 2.24) is 9.29 Å². The summed E-state index contributed by atoms with van der Waals surface area (Å²) in [6.07, 6.45) is 0. The summed E-state index contributed by atoms with van der Waals surface area (Å²) in [5.74, 6) is 0. The number of nitrogen functional groups attached to an aromatic ring is 1. The summed E-state index contributed by atoms with van der Waals surface area (Å²) in [4.78, 5) is 4.29. The number of anilines is 2. The molecule has 0 amide bonds. The third-order valence-electron chi connectivity index (χ3n) is 3.01. The molecule has 0 saturated carbocycles. The highest BCUT2D eigenvalue weighted by Gasteiger charge is 2.21. The smallest absolute Gasteiger partial charge is 0.303 e. The van der Waals surface area contributed by atoms with Gasteiger partial charge in [-0.3, -0.25) is 0 Å². The minimum atomic E-state index is -3.58. The van der Waals surface area contributed by atoms with Gasteiger partial charge in [-0.25, -0.2) is 9.71 Å². The van der Waals surface area contributed by atoms with Crippen molar-refractivity contribution < 1.29 is 8.42 Å². The van der Waals surface area contributed by atoms with Crippen molar-refractivity contribution in [3.8, 4) is 11.3 Å². The largest absolute Gasteiger partial charge is 0.399 e. The average Bonchev–Trinajstić information content (AvgIpc) is 2.85. The summed E-state index contributed by atoms with van der Waals surface area (Å²) in [5.41, 5.74) is 7.92. The molecule has 0 aliphatic rings. The van der Waals surface area contributed by atoms with E-state index >= 15 is 0 Å². The molecule has 0 saturated heterocycles. The molecule has 0 unspecified atom stereocenters. The van der Waals surface area contributed by atoms with E-state index in [1.54, 1.807) is 31.4 Å². The molecule has 21 heavy (non-hydrogen) atoms. The molecular formula is C13H18N4O2S2. The highest BCUT2D eigenvalue weighted by atomic mass is 32.2. The van der Waals surface area contributed by atoms with E-state index in [0.717, 1.165) is 5.56 Å². The van der Waals surface area contributed by atoms with Crippen LogP contribution in [0.25, 0.3) is 11.3 Å². The molecule has 1 heterocycles. The van der Waals surface area contributed by atoms with Gasteiger partial charge in [0.05, 0.1) is 5.69 Å². The maximum atomic E-state index is 12.1. The minimum absolute atomic E-state index is 0.129. The van der Waals surface area contributed by atoms with Crippen LogP contribution in [0, 0.1) is 0 Å². The van der Waals surface area contributed by atoms with Gasteiger partial charge in [0.1, 0.15) is 0 Å². The summed E-state index contributed by atoms with van der Waals surface area (Å²) in [5, 5.41) is 2.13. The Bertz CT molecular complexity index is 725. The minimum Gasteiger partial charge on any atom is -0.399 e. The van der Waals surface area contributed by atoms with Gasteiger partial charge in [0.15, 0.2) is 5.13 Å². The topological polar surface area (TPSA) is 88.3 Å². The van der Waals surface area contributed by atoms with Crippen LogP contribution in [0.3, 0.4) is 0 Å². The van der Waals surface area contributed by atoms with E-state index in [9.17, 15) is 8.42 Å². The van der Waals surface area contributed by atoms with Crippen LogP contribution in [0.15, 0.2) is 29.6 Å². The van der Waals surface area contributed by atoms with Crippen LogP contribution in [-0.2, 0) is 10.2 Å². The predicted molar refractivity (Wildman–Crippen MR) is 87.4 cm³/mol. The Kier molecular flexibility index (Phi) is 4.50. The zero-order chi connectivity index (χ0) is 15.6. The highest BCUT2D eigenvalue weighted by molar-refractivity contribution is 7.90. The average molecular weight is 326 g/mol. The van der Waals surface area contributed by atoms with Crippen molar-refractivity contribution in [1.29, 1.82) is 0 Å². The number of rotatable bonds is 5. The van der Waals surface area contributed by atoms with Gasteiger partial charge in [0.2, 0.25) is 0 Å². The predicted octanol–water partition coefficient (Wildman–Crippen LogP) is 2.39.